The molecule has 1 N–H and O–H groups in total. The highest BCUT2D eigenvalue weighted by atomic mass is 19.4. The first-order chi connectivity index (χ1) is 9.83. The van der Waals surface area contributed by atoms with Crippen LogP contribution in [0.15, 0.2) is 18.2 Å². The van der Waals surface area contributed by atoms with Crippen LogP contribution in [0.5, 0.6) is 0 Å². The zero-order chi connectivity index (χ0) is 15.9. The second kappa shape index (κ2) is 8.39. The third kappa shape index (κ3) is 6.96. The lowest BCUT2D eigenvalue weighted by Crippen LogP contribution is -2.25. The monoisotopic (exact) mass is 303 g/mol. The van der Waals surface area contributed by atoms with Crippen LogP contribution >= 0.6 is 0 Å². The number of rotatable bonds is 8. The van der Waals surface area contributed by atoms with E-state index in [1.54, 1.807) is 0 Å². The summed E-state index contributed by atoms with van der Waals surface area (Å²) in [6.07, 6.45) is -2.75. The Morgan fingerprint density at radius 1 is 1.24 bits per heavy atom. The topological polar surface area (TPSA) is 21.3 Å². The number of nitrogens with one attached hydrogen (secondary N) is 1. The zero-order valence-electron chi connectivity index (χ0n) is 12.9. The molecule has 0 saturated carbocycles. The molecule has 1 rings (SSSR count). The maximum atomic E-state index is 12.1. The van der Waals surface area contributed by atoms with Crippen molar-refractivity contribution < 1.29 is 17.9 Å². The first-order valence-corrected chi connectivity index (χ1v) is 7.28. The summed E-state index contributed by atoms with van der Waals surface area (Å²) in [6.45, 7) is 5.86. The molecule has 0 aliphatic heterocycles. The van der Waals surface area contributed by atoms with E-state index in [-0.39, 0.29) is 12.6 Å². The Balaban J connectivity index is 2.63. The molecule has 1 aromatic rings. The Morgan fingerprint density at radius 2 is 1.95 bits per heavy atom. The van der Waals surface area contributed by atoms with Gasteiger partial charge < -0.3 is 10.1 Å². The first-order valence-electron chi connectivity index (χ1n) is 7.28. The molecule has 0 aliphatic rings. The lowest BCUT2D eigenvalue weighted by atomic mass is 9.97. The highest BCUT2D eigenvalue weighted by molar-refractivity contribution is 5.32. The van der Waals surface area contributed by atoms with Crippen molar-refractivity contribution in [2.24, 2.45) is 0 Å². The molecule has 1 atom stereocenters. The number of hydrogen-bond donors (Lipinski definition) is 1. The maximum Gasteiger partial charge on any atom is 0.411 e. The van der Waals surface area contributed by atoms with Gasteiger partial charge in [0.15, 0.2) is 0 Å². The largest absolute Gasteiger partial charge is 0.411 e. The number of benzene rings is 1. The molecular weight excluding hydrogens is 279 g/mol. The predicted molar refractivity (Wildman–Crippen MR) is 78.4 cm³/mol. The average Bonchev–Trinajstić information content (AvgIpc) is 2.38. The molecule has 120 valence electrons. The van der Waals surface area contributed by atoms with E-state index in [0.717, 1.165) is 24.1 Å². The van der Waals surface area contributed by atoms with E-state index >= 15 is 0 Å². The van der Waals surface area contributed by atoms with E-state index in [9.17, 15) is 13.2 Å². The fraction of sp³-hybridized carbons (Fsp3) is 0.625. The number of aryl methyl sites for hydroxylation is 2. The Labute approximate surface area is 124 Å². The molecule has 21 heavy (non-hydrogen) atoms. The minimum Gasteiger partial charge on any atom is -0.372 e. The molecule has 2 nitrogen and oxygen atoms in total. The van der Waals surface area contributed by atoms with E-state index in [2.05, 4.69) is 18.3 Å². The molecule has 1 aromatic carbocycles. The van der Waals surface area contributed by atoms with Crippen LogP contribution in [0.2, 0.25) is 0 Å². The highest BCUT2D eigenvalue weighted by Crippen LogP contribution is 2.22. The van der Waals surface area contributed by atoms with Gasteiger partial charge in [0.2, 0.25) is 0 Å². The normalized spacial score (nSPS) is 13.4. The van der Waals surface area contributed by atoms with E-state index in [4.69, 9.17) is 4.74 Å². The maximum absolute atomic E-state index is 12.1. The van der Waals surface area contributed by atoms with Crippen LogP contribution in [0.4, 0.5) is 13.2 Å². The standard InChI is InChI=1S/C16H24F3NO/c1-4-8-20-15(7-9-21-11-16(17,18)19)14-6-5-12(2)10-13(14)3/h5-6,10,15,20H,4,7-9,11H2,1-3H3. The van der Waals surface area contributed by atoms with E-state index in [0.29, 0.717) is 6.42 Å². The first kappa shape index (κ1) is 18.0. The van der Waals surface area contributed by atoms with Gasteiger partial charge in [0.05, 0.1) is 0 Å². The van der Waals surface area contributed by atoms with Gasteiger partial charge in [-0.05, 0) is 44.4 Å². The van der Waals surface area contributed by atoms with Crippen LogP contribution in [0, 0.1) is 13.8 Å². The quantitative estimate of drug-likeness (QED) is 0.722. The lowest BCUT2D eigenvalue weighted by Gasteiger charge is -2.21. The van der Waals surface area contributed by atoms with Crippen molar-refractivity contribution in [3.05, 3.63) is 34.9 Å². The van der Waals surface area contributed by atoms with Crippen LogP contribution in [0.25, 0.3) is 0 Å². The number of hydrogen-bond acceptors (Lipinski definition) is 2. The van der Waals surface area contributed by atoms with E-state index in [1.165, 1.54) is 5.56 Å². The molecule has 0 saturated heterocycles. The van der Waals surface area contributed by atoms with Crippen LogP contribution in [0.1, 0.15) is 42.5 Å². The molecule has 0 aliphatic carbocycles. The second-order valence-corrected chi connectivity index (χ2v) is 5.32. The lowest BCUT2D eigenvalue weighted by molar-refractivity contribution is -0.174. The molecule has 0 radical (unpaired) electrons. The van der Waals surface area contributed by atoms with Gasteiger partial charge in [0, 0.05) is 12.6 Å². The summed E-state index contributed by atoms with van der Waals surface area (Å²) >= 11 is 0. The van der Waals surface area contributed by atoms with E-state index < -0.39 is 12.8 Å². The van der Waals surface area contributed by atoms with Gasteiger partial charge in [0.1, 0.15) is 6.61 Å². The van der Waals surface area contributed by atoms with Crippen molar-refractivity contribution in [1.82, 2.24) is 5.32 Å². The predicted octanol–water partition coefficient (Wildman–Crippen LogP) is 4.31. The van der Waals surface area contributed by atoms with Crippen molar-refractivity contribution in [2.45, 2.75) is 45.8 Å². The molecule has 0 heterocycles. The van der Waals surface area contributed by atoms with Gasteiger partial charge >= 0.3 is 6.18 Å². The molecule has 0 fully saturated rings. The number of ether oxygens (including phenoxy) is 1. The van der Waals surface area contributed by atoms with Crippen molar-refractivity contribution in [3.8, 4) is 0 Å². The summed E-state index contributed by atoms with van der Waals surface area (Å²) in [5, 5.41) is 3.38. The Morgan fingerprint density at radius 3 is 2.52 bits per heavy atom. The smallest absolute Gasteiger partial charge is 0.372 e. The summed E-state index contributed by atoms with van der Waals surface area (Å²) in [7, 11) is 0. The Hall–Kier alpha value is -1.07. The summed E-state index contributed by atoms with van der Waals surface area (Å²) in [4.78, 5) is 0. The van der Waals surface area contributed by atoms with Gasteiger partial charge in [0.25, 0.3) is 0 Å². The van der Waals surface area contributed by atoms with Crippen LogP contribution < -0.4 is 5.32 Å². The van der Waals surface area contributed by atoms with Gasteiger partial charge in [-0.25, -0.2) is 0 Å². The Bertz CT molecular complexity index is 432. The molecule has 0 amide bonds. The third-order valence-electron chi connectivity index (χ3n) is 3.26. The van der Waals surface area contributed by atoms with Crippen molar-refractivity contribution in [1.29, 1.82) is 0 Å². The molecule has 0 aromatic heterocycles. The van der Waals surface area contributed by atoms with Gasteiger partial charge in [-0.1, -0.05) is 30.7 Å². The van der Waals surface area contributed by atoms with Crippen molar-refractivity contribution in [2.75, 3.05) is 19.8 Å². The van der Waals surface area contributed by atoms with Crippen molar-refractivity contribution in [3.63, 3.8) is 0 Å². The summed E-state index contributed by atoms with van der Waals surface area (Å²) in [6, 6.07) is 6.19. The fourth-order valence-corrected chi connectivity index (χ4v) is 2.29. The molecule has 1 unspecified atom stereocenters. The Kier molecular flexibility index (Phi) is 7.18. The SMILES string of the molecule is CCCNC(CCOCC(F)(F)F)c1ccc(C)cc1C. The summed E-state index contributed by atoms with van der Waals surface area (Å²) in [5.41, 5.74) is 3.46. The van der Waals surface area contributed by atoms with Crippen LogP contribution in [-0.4, -0.2) is 25.9 Å². The van der Waals surface area contributed by atoms with Gasteiger partial charge in [-0.2, -0.15) is 13.2 Å². The molecular formula is C16H24F3NO. The fourth-order valence-electron chi connectivity index (χ4n) is 2.29. The molecule has 0 spiro atoms. The summed E-state index contributed by atoms with van der Waals surface area (Å²) < 4.78 is 40.9. The van der Waals surface area contributed by atoms with Crippen molar-refractivity contribution >= 4 is 0 Å². The highest BCUT2D eigenvalue weighted by Gasteiger charge is 2.27. The van der Waals surface area contributed by atoms with Crippen LogP contribution in [-0.2, 0) is 4.74 Å². The minimum atomic E-state index is -4.26. The van der Waals surface area contributed by atoms with Gasteiger partial charge in [-0.15, -0.1) is 0 Å². The third-order valence-corrected chi connectivity index (χ3v) is 3.26. The van der Waals surface area contributed by atoms with E-state index in [1.807, 2.05) is 26.0 Å². The second-order valence-electron chi connectivity index (χ2n) is 5.32. The van der Waals surface area contributed by atoms with Gasteiger partial charge in [-0.3, -0.25) is 0 Å². The number of halogens is 3. The summed E-state index contributed by atoms with van der Waals surface area (Å²) in [5.74, 6) is 0. The zero-order valence-corrected chi connectivity index (χ0v) is 12.9. The average molecular weight is 303 g/mol. The minimum absolute atomic E-state index is 0.0267. The molecule has 0 bridgehead atoms. The molecule has 5 heteroatoms. The number of alkyl halides is 3. The van der Waals surface area contributed by atoms with Crippen LogP contribution in [0.3, 0.4) is 0 Å².